The predicted octanol–water partition coefficient (Wildman–Crippen LogP) is 4.31. The molecule has 1 unspecified atom stereocenters. The second kappa shape index (κ2) is 14.1. The van der Waals surface area contributed by atoms with Gasteiger partial charge in [0.1, 0.15) is 23.2 Å². The van der Waals surface area contributed by atoms with Gasteiger partial charge in [0.15, 0.2) is 0 Å². The summed E-state index contributed by atoms with van der Waals surface area (Å²) in [5, 5.41) is 24.3. The van der Waals surface area contributed by atoms with Crippen LogP contribution in [0.1, 0.15) is 97.4 Å². The Kier molecular flexibility index (Phi) is 10.1. The first kappa shape index (κ1) is 34.9. The summed E-state index contributed by atoms with van der Waals surface area (Å²) in [6.07, 6.45) is 8.66. The Labute approximate surface area is 290 Å². The van der Waals surface area contributed by atoms with E-state index in [0.717, 1.165) is 62.9 Å². The molecule has 3 N–H and O–H groups in total. The fourth-order valence-corrected chi connectivity index (χ4v) is 8.35. The van der Waals surface area contributed by atoms with Gasteiger partial charge in [0.2, 0.25) is 11.8 Å². The summed E-state index contributed by atoms with van der Waals surface area (Å²) < 4.78 is 6.87. The highest BCUT2D eigenvalue weighted by molar-refractivity contribution is 7.08. The number of nitrogens with one attached hydrogen (secondary N) is 2. The van der Waals surface area contributed by atoms with Crippen LogP contribution in [0.2, 0.25) is 0 Å². The maximum absolute atomic E-state index is 14.4. The number of rotatable bonds is 5. The van der Waals surface area contributed by atoms with E-state index in [0.29, 0.717) is 31.2 Å². The fourth-order valence-electron chi connectivity index (χ4n) is 7.70. The van der Waals surface area contributed by atoms with Crippen LogP contribution >= 0.6 is 11.3 Å². The zero-order valence-corrected chi connectivity index (χ0v) is 29.4. The van der Waals surface area contributed by atoms with Crippen molar-refractivity contribution >= 4 is 40.9 Å². The van der Waals surface area contributed by atoms with E-state index < -0.39 is 53.1 Å². The van der Waals surface area contributed by atoms with E-state index in [1.807, 2.05) is 16.8 Å². The van der Waals surface area contributed by atoms with Crippen LogP contribution in [0.3, 0.4) is 0 Å². The number of alkyl carbamates (subject to hydrolysis) is 1. The molecule has 4 fully saturated rings. The molecule has 266 valence electrons. The van der Waals surface area contributed by atoms with Crippen LogP contribution in [0.5, 0.6) is 0 Å². The van der Waals surface area contributed by atoms with E-state index in [1.165, 1.54) is 20.9 Å². The van der Waals surface area contributed by atoms with Gasteiger partial charge in [-0.05, 0) is 75.6 Å². The lowest BCUT2D eigenvalue weighted by Crippen LogP contribution is -2.56. The number of fused-ring (bicyclic) bond motifs is 2. The zero-order valence-electron chi connectivity index (χ0n) is 28.6. The van der Waals surface area contributed by atoms with E-state index in [2.05, 4.69) is 20.6 Å². The number of aromatic nitrogens is 2. The quantitative estimate of drug-likeness (QED) is 0.414. The SMILES string of the molecule is CC(C)(C)OC(=O)N[C@@H]1CCCCCCC[C@H]2C[C@]2(C(=O)O)NC(=O)C2C[C@H](n3ncc(N4CCCC4)c(-c4ccsc4)c3=O)CN2C1=O. The van der Waals surface area contributed by atoms with Crippen LogP contribution in [0.15, 0.2) is 27.8 Å². The van der Waals surface area contributed by atoms with Crippen molar-refractivity contribution in [2.24, 2.45) is 5.92 Å². The number of hydrogen-bond acceptors (Lipinski definition) is 9. The minimum Gasteiger partial charge on any atom is -0.479 e. The normalized spacial score (nSPS) is 28.1. The highest BCUT2D eigenvalue weighted by Crippen LogP contribution is 2.47. The lowest BCUT2D eigenvalue weighted by atomic mass is 10.0. The summed E-state index contributed by atoms with van der Waals surface area (Å²) in [4.78, 5) is 71.8. The molecule has 49 heavy (non-hydrogen) atoms. The van der Waals surface area contributed by atoms with E-state index in [-0.39, 0.29) is 24.4 Å². The van der Waals surface area contributed by atoms with Gasteiger partial charge in [-0.2, -0.15) is 16.4 Å². The minimum atomic E-state index is -1.38. The van der Waals surface area contributed by atoms with Gasteiger partial charge in [-0.15, -0.1) is 0 Å². The fraction of sp³-hybridized carbons (Fsp3) is 0.657. The molecule has 0 radical (unpaired) electrons. The van der Waals surface area contributed by atoms with Crippen LogP contribution in [-0.2, 0) is 19.1 Å². The molecular formula is C35H48N6O7S. The lowest BCUT2D eigenvalue weighted by molar-refractivity contribution is -0.146. The monoisotopic (exact) mass is 696 g/mol. The minimum absolute atomic E-state index is 0.00797. The standard InChI is InChI=1S/C35H48N6O7S/c1-34(2,3)48-33(47)37-25-12-8-6-4-5-7-11-23-18-35(23,32(45)46)38-29(42)26-17-24(20-40(26)30(25)43)41-31(44)28(22-13-16-49-21-22)27(19-36-41)39-14-9-10-15-39/h13,16,19,21,23-26H,4-12,14-15,17-18,20H2,1-3H3,(H,37,47)(H,38,42)(H,45,46)/t23-,24-,25+,26?,35-/m0/s1. The largest absolute Gasteiger partial charge is 0.479 e. The number of thiophene rings is 1. The van der Waals surface area contributed by atoms with Crippen molar-refractivity contribution in [3.8, 4) is 11.1 Å². The third-order valence-electron chi connectivity index (χ3n) is 10.3. The van der Waals surface area contributed by atoms with Gasteiger partial charge in [0.25, 0.3) is 5.56 Å². The average Bonchev–Trinajstić information content (AvgIpc) is 3.56. The zero-order chi connectivity index (χ0) is 34.9. The van der Waals surface area contributed by atoms with Gasteiger partial charge in [-0.1, -0.05) is 32.1 Å². The van der Waals surface area contributed by atoms with E-state index in [9.17, 15) is 29.1 Å². The summed E-state index contributed by atoms with van der Waals surface area (Å²) in [6, 6.07) is -0.793. The highest BCUT2D eigenvalue weighted by atomic mass is 32.1. The Morgan fingerprint density at radius 1 is 1.06 bits per heavy atom. The van der Waals surface area contributed by atoms with Crippen LogP contribution < -0.4 is 21.1 Å². The molecule has 3 amide bonds. The topological polar surface area (TPSA) is 163 Å². The van der Waals surface area contributed by atoms with Crippen molar-refractivity contribution < 1.29 is 29.0 Å². The predicted molar refractivity (Wildman–Crippen MR) is 185 cm³/mol. The Balaban J connectivity index is 1.35. The smallest absolute Gasteiger partial charge is 0.408 e. The van der Waals surface area contributed by atoms with Crippen LogP contribution in [-0.4, -0.2) is 86.5 Å². The molecule has 4 aliphatic rings. The molecule has 0 spiro atoms. The van der Waals surface area contributed by atoms with Crippen molar-refractivity contribution in [1.29, 1.82) is 0 Å². The molecule has 2 aromatic rings. The van der Waals surface area contributed by atoms with E-state index >= 15 is 0 Å². The molecule has 6 rings (SSSR count). The van der Waals surface area contributed by atoms with Gasteiger partial charge in [-0.3, -0.25) is 14.4 Å². The molecule has 0 bridgehead atoms. The average molecular weight is 697 g/mol. The number of amides is 3. The van der Waals surface area contributed by atoms with Gasteiger partial charge < -0.3 is 30.3 Å². The first-order valence-electron chi connectivity index (χ1n) is 17.6. The number of aliphatic carboxylic acids is 1. The van der Waals surface area contributed by atoms with Gasteiger partial charge in [0, 0.05) is 31.6 Å². The number of anilines is 1. The summed E-state index contributed by atoms with van der Waals surface area (Å²) in [7, 11) is 0. The third-order valence-corrected chi connectivity index (χ3v) is 11.0. The second-order valence-electron chi connectivity index (χ2n) is 15.0. The van der Waals surface area contributed by atoms with Gasteiger partial charge >= 0.3 is 12.1 Å². The van der Waals surface area contributed by atoms with Crippen molar-refractivity contribution in [2.45, 2.75) is 121 Å². The maximum atomic E-state index is 14.4. The Bertz CT molecular complexity index is 1610. The van der Waals surface area contributed by atoms with Crippen LogP contribution in [0.4, 0.5) is 10.5 Å². The summed E-state index contributed by atoms with van der Waals surface area (Å²) >= 11 is 1.49. The number of ether oxygens (including phenoxy) is 1. The van der Waals surface area contributed by atoms with Crippen molar-refractivity contribution in [2.75, 3.05) is 24.5 Å². The number of hydrogen-bond donors (Lipinski definition) is 3. The van der Waals surface area contributed by atoms with Crippen LogP contribution in [0, 0.1) is 5.92 Å². The molecule has 0 aromatic carbocycles. The van der Waals surface area contributed by atoms with E-state index in [1.54, 1.807) is 27.0 Å². The molecule has 1 aliphatic carbocycles. The molecule has 5 heterocycles. The summed E-state index contributed by atoms with van der Waals surface area (Å²) in [5.74, 6) is -2.31. The lowest BCUT2D eigenvalue weighted by Gasteiger charge is -2.30. The third kappa shape index (κ3) is 7.48. The van der Waals surface area contributed by atoms with E-state index in [4.69, 9.17) is 4.74 Å². The number of carbonyl (C=O) groups excluding carboxylic acids is 3. The molecule has 5 atom stereocenters. The number of nitrogens with zero attached hydrogens (tertiary/aromatic N) is 4. The summed E-state index contributed by atoms with van der Waals surface area (Å²) in [5.41, 5.74) is -0.377. The molecule has 2 aromatic heterocycles. The molecule has 3 saturated heterocycles. The van der Waals surface area contributed by atoms with Crippen molar-refractivity contribution in [3.05, 3.63) is 33.4 Å². The molecule has 13 nitrogen and oxygen atoms in total. The second-order valence-corrected chi connectivity index (χ2v) is 15.7. The Morgan fingerprint density at radius 3 is 2.45 bits per heavy atom. The highest BCUT2D eigenvalue weighted by Gasteiger charge is 2.62. The maximum Gasteiger partial charge on any atom is 0.408 e. The summed E-state index contributed by atoms with van der Waals surface area (Å²) in [6.45, 7) is 6.87. The number of carboxylic acids is 1. The molecular weight excluding hydrogens is 648 g/mol. The first-order chi connectivity index (χ1) is 23.4. The number of carboxylic acid groups (broad SMARTS) is 1. The molecule has 14 heteroatoms. The number of carbonyl (C=O) groups is 4. The van der Waals surface area contributed by atoms with Crippen molar-refractivity contribution in [1.82, 2.24) is 25.3 Å². The molecule has 1 saturated carbocycles. The first-order valence-corrected chi connectivity index (χ1v) is 18.6. The van der Waals surface area contributed by atoms with Crippen molar-refractivity contribution in [3.63, 3.8) is 0 Å². The van der Waals surface area contributed by atoms with Gasteiger partial charge in [0.05, 0.1) is 23.5 Å². The Morgan fingerprint density at radius 2 is 1.78 bits per heavy atom. The molecule has 3 aliphatic heterocycles. The Hall–Kier alpha value is -3.94. The van der Waals surface area contributed by atoms with Crippen LogP contribution in [0.25, 0.3) is 11.1 Å². The van der Waals surface area contributed by atoms with Gasteiger partial charge in [-0.25, -0.2) is 14.3 Å².